The molecule has 0 aliphatic carbocycles. The summed E-state index contributed by atoms with van der Waals surface area (Å²) in [6.07, 6.45) is 13.5. The number of rotatable bonds is 13. The van der Waals surface area contributed by atoms with Gasteiger partial charge in [0, 0.05) is 79.5 Å². The zero-order chi connectivity index (χ0) is 25.2. The lowest BCUT2D eigenvalue weighted by Crippen LogP contribution is -3.00. The van der Waals surface area contributed by atoms with Crippen molar-refractivity contribution >= 4 is 33.5 Å². The van der Waals surface area contributed by atoms with E-state index in [1.54, 1.807) is 55.2 Å². The Kier molecular flexibility index (Phi) is 21.8. The molecule has 0 unspecified atom stereocenters. The Hall–Kier alpha value is -0.426. The maximum Gasteiger partial charge on any atom is 0.500 e. The Morgan fingerprint density at radius 1 is 0.853 bits per heavy atom. The van der Waals surface area contributed by atoms with Gasteiger partial charge in [0.25, 0.3) is 0 Å². The molecule has 0 fully saturated rings. The second-order valence-corrected chi connectivity index (χ2v) is 14.0. The van der Waals surface area contributed by atoms with Crippen molar-refractivity contribution < 1.29 is 48.1 Å². The standard InChI is InChI=1S/C10H21N2O3Si.C6H15BrO3Si.C4H6N2.BrH/c1-11-7-8-12(10-11)6-5-9-16(13-2,14-3)15-4;1-8-11(9-2,10-3)6-4-5-7;1-6-3-2-5-4-6;/h7-8,10H,5-6,9H2,1-4H3;4-6H2,1-3H3;2-4H,1H3;1H/q+1;;;/p-1. The van der Waals surface area contributed by atoms with E-state index in [0.717, 1.165) is 36.8 Å². The Morgan fingerprint density at radius 2 is 1.35 bits per heavy atom. The topological polar surface area (TPSA) is 82.0 Å². The third-order valence-electron chi connectivity index (χ3n) is 4.84. The highest BCUT2D eigenvalue weighted by Gasteiger charge is 2.37. The predicted molar refractivity (Wildman–Crippen MR) is 135 cm³/mol. The number of halogens is 2. The molecule has 14 heteroatoms. The van der Waals surface area contributed by atoms with Gasteiger partial charge in [0.2, 0.25) is 6.33 Å². The van der Waals surface area contributed by atoms with Crippen LogP contribution >= 0.6 is 15.9 Å². The van der Waals surface area contributed by atoms with Crippen molar-refractivity contribution in [3.63, 3.8) is 0 Å². The summed E-state index contributed by atoms with van der Waals surface area (Å²) in [5.41, 5.74) is 0. The summed E-state index contributed by atoms with van der Waals surface area (Å²) >= 11 is 3.35. The Morgan fingerprint density at radius 3 is 1.65 bits per heavy atom. The second-order valence-electron chi connectivity index (χ2n) is 7.03. The number of aromatic nitrogens is 4. The minimum Gasteiger partial charge on any atom is -1.00 e. The van der Waals surface area contributed by atoms with Gasteiger partial charge in [-0.1, -0.05) is 15.9 Å². The summed E-state index contributed by atoms with van der Waals surface area (Å²) in [6.45, 7) is 0.950. The van der Waals surface area contributed by atoms with Gasteiger partial charge in [-0.15, -0.1) is 0 Å². The number of imidazole rings is 2. The molecule has 0 N–H and O–H groups in total. The molecule has 0 aromatic carbocycles. The molecule has 10 nitrogen and oxygen atoms in total. The summed E-state index contributed by atoms with van der Waals surface area (Å²) in [7, 11) is 9.13. The van der Waals surface area contributed by atoms with E-state index in [-0.39, 0.29) is 17.0 Å². The van der Waals surface area contributed by atoms with Crippen LogP contribution in [0.15, 0.2) is 37.4 Å². The van der Waals surface area contributed by atoms with Crippen LogP contribution in [0.3, 0.4) is 0 Å². The number of aryl methyl sites for hydroxylation is 3. The van der Waals surface area contributed by atoms with Gasteiger partial charge in [-0.2, -0.15) is 0 Å². The monoisotopic (exact) mass is 648 g/mol. The van der Waals surface area contributed by atoms with Gasteiger partial charge in [-0.3, -0.25) is 0 Å². The molecule has 2 rings (SSSR count). The maximum atomic E-state index is 5.36. The van der Waals surface area contributed by atoms with Crippen LogP contribution in [0.1, 0.15) is 12.8 Å². The third-order valence-corrected chi connectivity index (χ3v) is 11.1. The number of nitrogens with zero attached hydrogens (tertiary/aromatic N) is 4. The number of alkyl halides is 1. The van der Waals surface area contributed by atoms with E-state index in [1.807, 2.05) is 35.6 Å². The summed E-state index contributed by atoms with van der Waals surface area (Å²) in [6, 6.07) is 1.69. The van der Waals surface area contributed by atoms with Crippen LogP contribution in [0.25, 0.3) is 0 Å². The molecule has 0 spiro atoms. The smallest absolute Gasteiger partial charge is 0.500 e. The second kappa shape index (κ2) is 20.7. The maximum absolute atomic E-state index is 5.36. The normalized spacial score (nSPS) is 11.1. The van der Waals surface area contributed by atoms with Crippen LogP contribution in [0.4, 0.5) is 0 Å². The zero-order valence-corrected chi connectivity index (χ0v) is 26.9. The molecule has 0 radical (unpaired) electrons. The van der Waals surface area contributed by atoms with Crippen LogP contribution in [-0.2, 0) is 47.2 Å². The van der Waals surface area contributed by atoms with Gasteiger partial charge in [-0.25, -0.2) is 14.1 Å². The summed E-state index contributed by atoms with van der Waals surface area (Å²) < 4.78 is 37.8. The average Bonchev–Trinajstić information content (AvgIpc) is 3.50. The fourth-order valence-electron chi connectivity index (χ4n) is 2.83. The van der Waals surface area contributed by atoms with Crippen molar-refractivity contribution in [1.82, 2.24) is 14.1 Å². The molecule has 0 aliphatic heterocycles. The largest absolute Gasteiger partial charge is 1.00 e. The van der Waals surface area contributed by atoms with Crippen LogP contribution in [-0.4, -0.2) is 79.7 Å². The van der Waals surface area contributed by atoms with Gasteiger partial charge in [0.1, 0.15) is 12.4 Å². The van der Waals surface area contributed by atoms with E-state index in [4.69, 9.17) is 26.6 Å². The molecule has 2 aromatic rings. The molecule has 0 atom stereocenters. The van der Waals surface area contributed by atoms with E-state index in [1.165, 1.54) is 0 Å². The fraction of sp³-hybridized carbons (Fsp3) is 0.700. The molecule has 200 valence electrons. The van der Waals surface area contributed by atoms with Gasteiger partial charge in [-0.05, 0) is 12.8 Å². The summed E-state index contributed by atoms with van der Waals surface area (Å²) in [5, 5.41) is 0.956. The minimum absolute atomic E-state index is 0. The van der Waals surface area contributed by atoms with Crippen molar-refractivity contribution in [3.05, 3.63) is 37.4 Å². The van der Waals surface area contributed by atoms with Gasteiger partial charge < -0.3 is 48.1 Å². The molecule has 0 saturated carbocycles. The summed E-state index contributed by atoms with van der Waals surface area (Å²) in [5.74, 6) is 0. The lowest BCUT2D eigenvalue weighted by molar-refractivity contribution is -0.671. The van der Waals surface area contributed by atoms with E-state index in [0.29, 0.717) is 0 Å². The van der Waals surface area contributed by atoms with Crippen molar-refractivity contribution in [1.29, 1.82) is 0 Å². The quantitative estimate of drug-likeness (QED) is 0.167. The highest BCUT2D eigenvalue weighted by atomic mass is 79.9. The molecule has 0 saturated heterocycles. The fourth-order valence-corrected chi connectivity index (χ4v) is 7.06. The molecule has 2 aromatic heterocycles. The minimum atomic E-state index is -2.38. The summed E-state index contributed by atoms with van der Waals surface area (Å²) in [4.78, 5) is 3.78. The van der Waals surface area contributed by atoms with Crippen LogP contribution < -0.4 is 21.5 Å². The Bertz CT molecular complexity index is 689. The predicted octanol–water partition coefficient (Wildman–Crippen LogP) is -0.346. The first-order valence-corrected chi connectivity index (χ1v) is 15.6. The van der Waals surface area contributed by atoms with Crippen LogP contribution in [0, 0.1) is 0 Å². The number of hydrogen-bond donors (Lipinski definition) is 0. The zero-order valence-electron chi connectivity index (χ0n) is 21.7. The SMILES string of the molecule is CO[Si](CCCBr)(OC)OC.CO[Si](CCCn1cc[n+](C)c1)(OC)OC.Cn1ccnc1.[Br-]. The lowest BCUT2D eigenvalue weighted by Gasteiger charge is -2.23. The third kappa shape index (κ3) is 14.2. The first-order valence-electron chi connectivity index (χ1n) is 10.6. The van der Waals surface area contributed by atoms with Crippen molar-refractivity contribution in [3.8, 4) is 0 Å². The van der Waals surface area contributed by atoms with Gasteiger partial charge in [0.15, 0.2) is 0 Å². The molecular formula is C20H42Br2N4O6Si2. The number of hydrogen-bond acceptors (Lipinski definition) is 7. The molecular weight excluding hydrogens is 608 g/mol. The molecule has 34 heavy (non-hydrogen) atoms. The molecule has 0 bridgehead atoms. The Labute approximate surface area is 226 Å². The van der Waals surface area contributed by atoms with Crippen molar-refractivity contribution in [2.24, 2.45) is 14.1 Å². The molecule has 2 heterocycles. The Balaban J connectivity index is 0. The van der Waals surface area contributed by atoms with Gasteiger partial charge >= 0.3 is 17.6 Å². The van der Waals surface area contributed by atoms with E-state index in [9.17, 15) is 0 Å². The lowest BCUT2D eigenvalue weighted by atomic mass is 10.5. The van der Waals surface area contributed by atoms with Crippen molar-refractivity contribution in [2.75, 3.05) is 48.0 Å². The molecule has 0 amide bonds. The average molecular weight is 651 g/mol. The first-order chi connectivity index (χ1) is 15.8. The van der Waals surface area contributed by atoms with Crippen LogP contribution in [0.2, 0.25) is 12.1 Å². The highest BCUT2D eigenvalue weighted by molar-refractivity contribution is 9.09. The van der Waals surface area contributed by atoms with Crippen LogP contribution in [0.5, 0.6) is 0 Å². The van der Waals surface area contributed by atoms with E-state index in [2.05, 4.69) is 38.0 Å². The van der Waals surface area contributed by atoms with E-state index < -0.39 is 17.6 Å². The first kappa shape index (κ1) is 35.7. The van der Waals surface area contributed by atoms with E-state index >= 15 is 0 Å². The van der Waals surface area contributed by atoms with Gasteiger partial charge in [0.05, 0.1) is 19.9 Å². The van der Waals surface area contributed by atoms with Crippen molar-refractivity contribution in [2.45, 2.75) is 31.5 Å². The highest BCUT2D eigenvalue weighted by Crippen LogP contribution is 2.16. The molecule has 0 aliphatic rings.